The third kappa shape index (κ3) is 6.56. The monoisotopic (exact) mass is 722 g/mol. The van der Waals surface area contributed by atoms with E-state index < -0.39 is 18.3 Å². The molecule has 0 saturated heterocycles. The highest BCUT2D eigenvalue weighted by molar-refractivity contribution is 9.13. The average molecular weight is 725 g/mol. The minimum atomic E-state index is -0.550. The number of benzene rings is 3. The first-order valence-corrected chi connectivity index (χ1v) is 14.1. The Morgan fingerprint density at radius 3 is 2.64 bits per heavy atom. The second kappa shape index (κ2) is 12.8. The van der Waals surface area contributed by atoms with E-state index in [4.69, 9.17) is 9.47 Å². The summed E-state index contributed by atoms with van der Waals surface area (Å²) in [6.45, 7) is 1.61. The number of carbonyl (C=O) groups is 1. The topological polar surface area (TPSA) is 94.8 Å². The summed E-state index contributed by atoms with van der Waals surface area (Å²) in [6, 6.07) is 12.9. The number of carbonyl (C=O) groups excluding carboxylic acids is 1. The van der Waals surface area contributed by atoms with Gasteiger partial charge in [-0.3, -0.25) is 9.59 Å². The van der Waals surface area contributed by atoms with Gasteiger partial charge >= 0.3 is 0 Å². The zero-order valence-electron chi connectivity index (χ0n) is 20.8. The number of ether oxygens (including phenoxy) is 2. The van der Waals surface area contributed by atoms with Gasteiger partial charge in [0, 0.05) is 20.9 Å². The molecular weight excluding hydrogens is 703 g/mol. The summed E-state index contributed by atoms with van der Waals surface area (Å²) in [4.78, 5) is 30.3. The molecule has 0 fully saturated rings. The number of hydrogen-bond acceptors (Lipinski definition) is 6. The smallest absolute Gasteiger partial charge is 0.282 e. The zero-order chi connectivity index (χ0) is 28.1. The first-order chi connectivity index (χ1) is 18.7. The van der Waals surface area contributed by atoms with Crippen LogP contribution >= 0.6 is 47.8 Å². The standard InChI is InChI=1S/C27H22Br3FN4O4/c1-3-6-22-33-19-10-9-16(28)12-17(19)27(37)35(22)32-13-15-11-21(38-2)26(25(30)24(15)29)39-14-23(36)34-20-8-5-4-7-18(20)31/h4-5,7-13H,3,6,14H2,1-2H3,(H,34,36). The lowest BCUT2D eigenvalue weighted by Gasteiger charge is -2.15. The van der Waals surface area contributed by atoms with E-state index >= 15 is 0 Å². The average Bonchev–Trinajstić information content (AvgIpc) is 2.92. The van der Waals surface area contributed by atoms with E-state index in [-0.39, 0.29) is 17.0 Å². The molecule has 0 saturated carbocycles. The van der Waals surface area contributed by atoms with Gasteiger partial charge in [-0.2, -0.15) is 9.78 Å². The molecule has 4 aromatic rings. The number of aromatic nitrogens is 2. The van der Waals surface area contributed by atoms with Crippen molar-refractivity contribution in [2.24, 2.45) is 5.10 Å². The van der Waals surface area contributed by atoms with E-state index in [1.807, 2.05) is 13.0 Å². The van der Waals surface area contributed by atoms with Gasteiger partial charge in [0.1, 0.15) is 11.6 Å². The predicted molar refractivity (Wildman–Crippen MR) is 160 cm³/mol. The van der Waals surface area contributed by atoms with Gasteiger partial charge in [0.2, 0.25) is 0 Å². The summed E-state index contributed by atoms with van der Waals surface area (Å²) in [6.07, 6.45) is 2.86. The lowest BCUT2D eigenvalue weighted by Crippen LogP contribution is -2.22. The summed E-state index contributed by atoms with van der Waals surface area (Å²) < 4.78 is 28.1. The first-order valence-electron chi connectivity index (χ1n) is 11.7. The number of rotatable bonds is 9. The Kier molecular flexibility index (Phi) is 9.52. The second-order valence-electron chi connectivity index (χ2n) is 8.24. The maximum atomic E-state index is 13.8. The van der Waals surface area contributed by atoms with Crippen LogP contribution in [0, 0.1) is 5.82 Å². The normalized spacial score (nSPS) is 11.2. The Hall–Kier alpha value is -3.09. The lowest BCUT2D eigenvalue weighted by molar-refractivity contribution is -0.118. The fourth-order valence-electron chi connectivity index (χ4n) is 3.69. The van der Waals surface area contributed by atoms with Crippen molar-refractivity contribution in [2.45, 2.75) is 19.8 Å². The zero-order valence-corrected chi connectivity index (χ0v) is 25.6. The summed E-state index contributed by atoms with van der Waals surface area (Å²) in [5.41, 5.74) is 0.942. The van der Waals surface area contributed by atoms with Crippen LogP contribution in [0.2, 0.25) is 0 Å². The Balaban J connectivity index is 1.63. The second-order valence-corrected chi connectivity index (χ2v) is 10.7. The van der Waals surface area contributed by atoms with Crippen LogP contribution in [-0.2, 0) is 11.2 Å². The first kappa shape index (κ1) is 28.9. The number of nitrogens with one attached hydrogen (secondary N) is 1. The predicted octanol–water partition coefficient (Wildman–Crippen LogP) is 6.68. The van der Waals surface area contributed by atoms with Gasteiger partial charge in [-0.15, -0.1) is 0 Å². The fourth-order valence-corrected chi connectivity index (χ4v) is 4.99. The van der Waals surface area contributed by atoms with Gasteiger partial charge in [-0.05, 0) is 74.7 Å². The minimum absolute atomic E-state index is 0.0538. The highest BCUT2D eigenvalue weighted by Crippen LogP contribution is 2.42. The number of aryl methyl sites for hydroxylation is 1. The van der Waals surface area contributed by atoms with E-state index in [0.29, 0.717) is 43.4 Å². The van der Waals surface area contributed by atoms with Crippen LogP contribution < -0.4 is 20.3 Å². The van der Waals surface area contributed by atoms with Crippen LogP contribution in [-0.4, -0.2) is 35.5 Å². The molecule has 12 heteroatoms. The third-order valence-electron chi connectivity index (χ3n) is 5.53. The number of hydrogen-bond donors (Lipinski definition) is 1. The largest absolute Gasteiger partial charge is 0.493 e. The van der Waals surface area contributed by atoms with Gasteiger partial charge in [0.25, 0.3) is 11.5 Å². The molecule has 39 heavy (non-hydrogen) atoms. The van der Waals surface area contributed by atoms with Crippen LogP contribution in [0.4, 0.5) is 10.1 Å². The molecule has 1 N–H and O–H groups in total. The van der Waals surface area contributed by atoms with Crippen molar-refractivity contribution in [1.29, 1.82) is 0 Å². The number of amides is 1. The Morgan fingerprint density at radius 2 is 1.92 bits per heavy atom. The number of methoxy groups -OCH3 is 1. The van der Waals surface area contributed by atoms with Crippen LogP contribution in [0.15, 0.2) is 71.8 Å². The van der Waals surface area contributed by atoms with Crippen molar-refractivity contribution in [3.05, 3.63) is 89.5 Å². The van der Waals surface area contributed by atoms with Gasteiger partial charge in [-0.25, -0.2) is 9.37 Å². The molecule has 0 unspecified atom stereocenters. The molecule has 8 nitrogen and oxygen atoms in total. The van der Waals surface area contributed by atoms with Crippen molar-refractivity contribution >= 4 is 76.5 Å². The summed E-state index contributed by atoms with van der Waals surface area (Å²) in [5.74, 6) is 0.00950. The molecule has 202 valence electrons. The summed E-state index contributed by atoms with van der Waals surface area (Å²) in [5, 5.41) is 7.38. The Morgan fingerprint density at radius 1 is 1.15 bits per heavy atom. The molecule has 1 aromatic heterocycles. The maximum absolute atomic E-state index is 13.8. The number of fused-ring (bicyclic) bond motifs is 1. The van der Waals surface area contributed by atoms with Crippen LogP contribution in [0.25, 0.3) is 10.9 Å². The Bertz CT molecular complexity index is 1640. The van der Waals surface area contributed by atoms with Gasteiger partial charge in [0.05, 0.1) is 34.4 Å². The molecule has 0 aliphatic carbocycles. The lowest BCUT2D eigenvalue weighted by atomic mass is 10.2. The molecule has 0 atom stereocenters. The van der Waals surface area contributed by atoms with Crippen LogP contribution in [0.1, 0.15) is 24.7 Å². The van der Waals surface area contributed by atoms with Gasteiger partial charge in [0.15, 0.2) is 18.1 Å². The number of anilines is 1. The van der Waals surface area contributed by atoms with E-state index in [1.54, 1.807) is 24.3 Å². The fraction of sp³-hybridized carbons (Fsp3) is 0.185. The molecule has 0 radical (unpaired) electrons. The molecule has 0 bridgehead atoms. The molecule has 0 aliphatic rings. The van der Waals surface area contributed by atoms with Crippen LogP contribution in [0.3, 0.4) is 0 Å². The van der Waals surface area contributed by atoms with Gasteiger partial charge in [-0.1, -0.05) is 35.0 Å². The number of para-hydroxylation sites is 1. The number of nitrogens with zero attached hydrogens (tertiary/aromatic N) is 3. The van der Waals surface area contributed by atoms with E-state index in [2.05, 4.69) is 63.2 Å². The molecule has 3 aromatic carbocycles. The van der Waals surface area contributed by atoms with E-state index in [1.165, 1.54) is 36.2 Å². The highest BCUT2D eigenvalue weighted by atomic mass is 79.9. The Labute approximate surface area is 248 Å². The molecule has 1 heterocycles. The van der Waals surface area contributed by atoms with E-state index in [0.717, 1.165) is 10.9 Å². The summed E-state index contributed by atoms with van der Waals surface area (Å²) >= 11 is 10.4. The molecular formula is C27H22Br3FN4O4. The minimum Gasteiger partial charge on any atom is -0.493 e. The third-order valence-corrected chi connectivity index (χ3v) is 8.17. The molecule has 0 spiro atoms. The van der Waals surface area contributed by atoms with E-state index in [9.17, 15) is 14.0 Å². The number of halogens is 4. The SMILES string of the molecule is CCCc1nc2ccc(Br)cc2c(=O)n1N=Cc1cc(OC)c(OCC(=O)Nc2ccccc2F)c(Br)c1Br. The highest BCUT2D eigenvalue weighted by Gasteiger charge is 2.19. The van der Waals surface area contributed by atoms with Crippen molar-refractivity contribution in [2.75, 3.05) is 19.0 Å². The van der Waals surface area contributed by atoms with Crippen molar-refractivity contribution in [3.63, 3.8) is 0 Å². The van der Waals surface area contributed by atoms with Crippen LogP contribution in [0.5, 0.6) is 11.5 Å². The molecule has 4 rings (SSSR count). The van der Waals surface area contributed by atoms with Crippen molar-refractivity contribution in [3.8, 4) is 11.5 Å². The van der Waals surface area contributed by atoms with Crippen molar-refractivity contribution in [1.82, 2.24) is 9.66 Å². The molecule has 0 aliphatic heterocycles. The van der Waals surface area contributed by atoms with Gasteiger partial charge < -0.3 is 14.8 Å². The quantitative estimate of drug-likeness (QED) is 0.195. The summed E-state index contributed by atoms with van der Waals surface area (Å²) in [7, 11) is 1.46. The van der Waals surface area contributed by atoms with Crippen molar-refractivity contribution < 1.29 is 18.7 Å². The maximum Gasteiger partial charge on any atom is 0.282 e. The molecule has 1 amide bonds.